The number of aromatic nitrogens is 3. The van der Waals surface area contributed by atoms with Crippen molar-refractivity contribution in [3.05, 3.63) is 66.3 Å². The maximum absolute atomic E-state index is 13.7. The van der Waals surface area contributed by atoms with Crippen LogP contribution in [0.3, 0.4) is 0 Å². The van der Waals surface area contributed by atoms with Crippen molar-refractivity contribution in [2.75, 3.05) is 18.0 Å². The third-order valence-electron chi connectivity index (χ3n) is 5.26. The van der Waals surface area contributed by atoms with Crippen LogP contribution < -0.4 is 4.90 Å². The van der Waals surface area contributed by atoms with Crippen LogP contribution in [0, 0.1) is 17.1 Å². The number of piperidine rings is 1. The van der Waals surface area contributed by atoms with Gasteiger partial charge in [-0.25, -0.2) is 9.37 Å². The monoisotopic (exact) mass is 361 g/mol. The van der Waals surface area contributed by atoms with E-state index >= 15 is 0 Å². The van der Waals surface area contributed by atoms with Gasteiger partial charge in [0.2, 0.25) is 0 Å². The Kier molecular flexibility index (Phi) is 4.59. The zero-order chi connectivity index (χ0) is 18.8. The summed E-state index contributed by atoms with van der Waals surface area (Å²) in [7, 11) is 2.02. The molecule has 0 amide bonds. The van der Waals surface area contributed by atoms with Crippen molar-refractivity contribution in [3.8, 4) is 17.2 Å². The second kappa shape index (κ2) is 7.20. The molecule has 0 spiro atoms. The molecule has 5 nitrogen and oxygen atoms in total. The summed E-state index contributed by atoms with van der Waals surface area (Å²) >= 11 is 0. The quantitative estimate of drug-likeness (QED) is 0.710. The molecule has 136 valence electrons. The Labute approximate surface area is 157 Å². The Morgan fingerprint density at radius 1 is 1.15 bits per heavy atom. The number of aryl methyl sites for hydroxylation is 1. The molecule has 0 atom stereocenters. The second-order valence-electron chi connectivity index (χ2n) is 6.90. The molecule has 6 heteroatoms. The third kappa shape index (κ3) is 3.28. The van der Waals surface area contributed by atoms with E-state index in [4.69, 9.17) is 0 Å². The molecule has 4 rings (SSSR count). The molecule has 0 unspecified atom stereocenters. The Hall–Kier alpha value is -3.20. The average molecular weight is 361 g/mol. The number of nitriles is 1. The molecule has 0 radical (unpaired) electrons. The number of nitrogens with zero attached hydrogens (tertiary/aromatic N) is 5. The van der Waals surface area contributed by atoms with E-state index in [0.717, 1.165) is 37.2 Å². The van der Waals surface area contributed by atoms with Crippen molar-refractivity contribution < 1.29 is 4.39 Å². The van der Waals surface area contributed by atoms with Crippen LogP contribution in [-0.2, 0) is 7.05 Å². The van der Waals surface area contributed by atoms with Gasteiger partial charge in [-0.05, 0) is 25.0 Å². The smallest absolute Gasteiger partial charge is 0.142 e. The van der Waals surface area contributed by atoms with Gasteiger partial charge in [-0.15, -0.1) is 0 Å². The number of rotatable bonds is 3. The van der Waals surface area contributed by atoms with Crippen LogP contribution in [0.5, 0.6) is 0 Å². The van der Waals surface area contributed by atoms with Gasteiger partial charge in [-0.2, -0.15) is 5.26 Å². The van der Waals surface area contributed by atoms with Gasteiger partial charge in [0.05, 0.1) is 23.8 Å². The van der Waals surface area contributed by atoms with Crippen LogP contribution >= 0.6 is 0 Å². The summed E-state index contributed by atoms with van der Waals surface area (Å²) in [5, 5.41) is 9.64. The topological polar surface area (TPSA) is 57.7 Å². The van der Waals surface area contributed by atoms with Gasteiger partial charge in [0.1, 0.15) is 11.9 Å². The van der Waals surface area contributed by atoms with E-state index < -0.39 is 0 Å². The van der Waals surface area contributed by atoms with Crippen LogP contribution in [0.4, 0.5) is 10.1 Å². The summed E-state index contributed by atoms with van der Waals surface area (Å²) in [5.74, 6) is 0.0815. The highest BCUT2D eigenvalue weighted by atomic mass is 19.1. The number of hydrogen-bond acceptors (Lipinski definition) is 4. The molecule has 1 saturated heterocycles. The lowest BCUT2D eigenvalue weighted by Gasteiger charge is -2.35. The van der Waals surface area contributed by atoms with Gasteiger partial charge in [0.25, 0.3) is 0 Å². The lowest BCUT2D eigenvalue weighted by Crippen LogP contribution is -2.34. The van der Waals surface area contributed by atoms with Crippen LogP contribution in [0.25, 0.3) is 11.1 Å². The van der Waals surface area contributed by atoms with Crippen LogP contribution in [0.2, 0.25) is 0 Å². The molecule has 0 N–H and O–H groups in total. The molecular weight excluding hydrogens is 341 g/mol. The lowest BCUT2D eigenvalue weighted by molar-refractivity contribution is 0.486. The number of para-hydroxylation sites is 1. The zero-order valence-electron chi connectivity index (χ0n) is 15.1. The minimum Gasteiger partial charge on any atom is -0.370 e. The molecular formula is C21H20FN5. The van der Waals surface area contributed by atoms with Gasteiger partial charge in [0, 0.05) is 55.3 Å². The van der Waals surface area contributed by atoms with E-state index in [1.807, 2.05) is 37.8 Å². The molecule has 1 fully saturated rings. The van der Waals surface area contributed by atoms with E-state index in [2.05, 4.69) is 25.5 Å². The summed E-state index contributed by atoms with van der Waals surface area (Å²) in [6.45, 7) is 1.68. The molecule has 27 heavy (non-hydrogen) atoms. The SMILES string of the molecule is Cn1cncc1C1CCN(c2c(C#N)cccc2-c2cncc(F)c2)CC1. The fraction of sp³-hybridized carbons (Fsp3) is 0.286. The fourth-order valence-electron chi connectivity index (χ4n) is 3.93. The predicted molar refractivity (Wildman–Crippen MR) is 102 cm³/mol. The van der Waals surface area contributed by atoms with Gasteiger partial charge in [-0.1, -0.05) is 12.1 Å². The molecule has 3 heterocycles. The van der Waals surface area contributed by atoms with E-state index in [9.17, 15) is 9.65 Å². The predicted octanol–water partition coefficient (Wildman–Crippen LogP) is 3.88. The van der Waals surface area contributed by atoms with Crippen molar-refractivity contribution in [2.45, 2.75) is 18.8 Å². The summed E-state index contributed by atoms with van der Waals surface area (Å²) in [6, 6.07) is 9.35. The van der Waals surface area contributed by atoms with Crippen molar-refractivity contribution in [1.82, 2.24) is 14.5 Å². The number of imidazole rings is 1. The maximum Gasteiger partial charge on any atom is 0.142 e. The number of halogens is 1. The largest absolute Gasteiger partial charge is 0.370 e. The van der Waals surface area contributed by atoms with Gasteiger partial charge in [-0.3, -0.25) is 4.98 Å². The van der Waals surface area contributed by atoms with E-state index in [0.29, 0.717) is 17.0 Å². The molecule has 2 aromatic heterocycles. The second-order valence-corrected chi connectivity index (χ2v) is 6.90. The number of benzene rings is 1. The van der Waals surface area contributed by atoms with E-state index in [1.54, 1.807) is 6.20 Å². The highest BCUT2D eigenvalue weighted by Crippen LogP contribution is 2.37. The van der Waals surface area contributed by atoms with E-state index in [-0.39, 0.29) is 5.82 Å². The average Bonchev–Trinajstić information content (AvgIpc) is 3.13. The number of anilines is 1. The maximum atomic E-state index is 13.7. The van der Waals surface area contributed by atoms with Crippen LogP contribution in [-0.4, -0.2) is 27.6 Å². The van der Waals surface area contributed by atoms with Crippen LogP contribution in [0.15, 0.2) is 49.2 Å². The molecule has 0 bridgehead atoms. The molecule has 1 aliphatic heterocycles. The van der Waals surface area contributed by atoms with Gasteiger partial charge in [0.15, 0.2) is 0 Å². The summed E-state index contributed by atoms with van der Waals surface area (Å²) < 4.78 is 15.8. The third-order valence-corrected chi connectivity index (χ3v) is 5.26. The van der Waals surface area contributed by atoms with Crippen molar-refractivity contribution >= 4 is 5.69 Å². The minimum atomic E-state index is -0.379. The Balaban J connectivity index is 1.66. The van der Waals surface area contributed by atoms with Crippen molar-refractivity contribution in [2.24, 2.45) is 7.05 Å². The number of hydrogen-bond donors (Lipinski definition) is 0. The highest BCUT2D eigenvalue weighted by molar-refractivity contribution is 5.82. The molecule has 1 aliphatic rings. The Morgan fingerprint density at radius 3 is 2.63 bits per heavy atom. The first-order chi connectivity index (χ1) is 13.2. The normalized spacial score (nSPS) is 14.9. The summed E-state index contributed by atoms with van der Waals surface area (Å²) in [5.41, 5.74) is 4.26. The summed E-state index contributed by atoms with van der Waals surface area (Å²) in [6.07, 6.45) is 8.58. The standard InChI is InChI=1S/C21H20FN5/c1-26-14-25-13-20(26)15-5-7-27(8-6-15)21-16(10-23)3-2-4-19(21)17-9-18(22)12-24-11-17/h2-4,9,11-15H,5-8H2,1H3. The molecule has 0 saturated carbocycles. The molecule has 0 aliphatic carbocycles. The van der Waals surface area contributed by atoms with Crippen molar-refractivity contribution in [3.63, 3.8) is 0 Å². The first-order valence-corrected chi connectivity index (χ1v) is 9.02. The lowest BCUT2D eigenvalue weighted by atomic mass is 9.92. The first kappa shape index (κ1) is 17.2. The Bertz CT molecular complexity index is 996. The van der Waals surface area contributed by atoms with Gasteiger partial charge >= 0.3 is 0 Å². The first-order valence-electron chi connectivity index (χ1n) is 9.02. The molecule has 1 aromatic carbocycles. The molecule has 3 aromatic rings. The number of pyridine rings is 1. The van der Waals surface area contributed by atoms with Gasteiger partial charge < -0.3 is 9.47 Å². The van der Waals surface area contributed by atoms with E-state index in [1.165, 1.54) is 18.0 Å². The van der Waals surface area contributed by atoms with Crippen molar-refractivity contribution in [1.29, 1.82) is 5.26 Å². The minimum absolute atomic E-state index is 0.379. The highest BCUT2D eigenvalue weighted by Gasteiger charge is 2.26. The zero-order valence-corrected chi connectivity index (χ0v) is 15.1. The summed E-state index contributed by atoms with van der Waals surface area (Å²) in [4.78, 5) is 10.4. The van der Waals surface area contributed by atoms with Crippen LogP contribution in [0.1, 0.15) is 30.0 Å². The Morgan fingerprint density at radius 2 is 1.96 bits per heavy atom. The fourth-order valence-corrected chi connectivity index (χ4v) is 3.93.